The molecule has 1 atom stereocenters. The van der Waals surface area contributed by atoms with E-state index in [-0.39, 0.29) is 12.5 Å². The molecule has 2 N–H and O–H groups in total. The van der Waals surface area contributed by atoms with Gasteiger partial charge in [0, 0.05) is 6.54 Å². The number of ether oxygens (including phenoxy) is 1. The average Bonchev–Trinajstić information content (AvgIpc) is 2.34. The molecule has 0 aliphatic rings. The Hall–Kier alpha value is -1.81. The minimum absolute atomic E-state index is 0.0445. The summed E-state index contributed by atoms with van der Waals surface area (Å²) in [6.07, 6.45) is 1.06. The van der Waals surface area contributed by atoms with Crippen LogP contribution in [0.25, 0.3) is 0 Å². The van der Waals surface area contributed by atoms with Gasteiger partial charge in [-0.1, -0.05) is 18.2 Å². The molecule has 0 aromatic heterocycles. The SMILES string of the molecule is C=CCNC(=O)COc1cccc(C(C)O)c1. The van der Waals surface area contributed by atoms with Gasteiger partial charge in [0.25, 0.3) is 5.91 Å². The van der Waals surface area contributed by atoms with E-state index >= 15 is 0 Å². The summed E-state index contributed by atoms with van der Waals surface area (Å²) < 4.78 is 5.30. The van der Waals surface area contributed by atoms with Gasteiger partial charge >= 0.3 is 0 Å². The van der Waals surface area contributed by atoms with Crippen molar-refractivity contribution in [2.24, 2.45) is 0 Å². The van der Waals surface area contributed by atoms with E-state index in [1.54, 1.807) is 37.3 Å². The summed E-state index contributed by atoms with van der Waals surface area (Å²) in [5, 5.41) is 12.0. The summed E-state index contributed by atoms with van der Waals surface area (Å²) in [7, 11) is 0. The highest BCUT2D eigenvalue weighted by atomic mass is 16.5. The van der Waals surface area contributed by atoms with Gasteiger partial charge in [0.05, 0.1) is 6.10 Å². The van der Waals surface area contributed by atoms with Crippen LogP contribution in [0.15, 0.2) is 36.9 Å². The van der Waals surface area contributed by atoms with Gasteiger partial charge in [-0.15, -0.1) is 6.58 Å². The van der Waals surface area contributed by atoms with Gasteiger partial charge in [-0.3, -0.25) is 4.79 Å². The van der Waals surface area contributed by atoms with Crippen LogP contribution >= 0.6 is 0 Å². The Labute approximate surface area is 101 Å². The van der Waals surface area contributed by atoms with Crippen molar-refractivity contribution < 1.29 is 14.6 Å². The van der Waals surface area contributed by atoms with Crippen LogP contribution in [0.3, 0.4) is 0 Å². The maximum atomic E-state index is 11.3. The fraction of sp³-hybridized carbons (Fsp3) is 0.308. The van der Waals surface area contributed by atoms with Crippen LogP contribution in [-0.4, -0.2) is 24.2 Å². The van der Waals surface area contributed by atoms with Crippen LogP contribution in [0.1, 0.15) is 18.6 Å². The molecule has 0 aliphatic carbocycles. The lowest BCUT2D eigenvalue weighted by atomic mass is 10.1. The molecule has 1 unspecified atom stereocenters. The van der Waals surface area contributed by atoms with E-state index in [1.165, 1.54) is 0 Å². The molecule has 0 fully saturated rings. The second-order valence-corrected chi connectivity index (χ2v) is 3.63. The average molecular weight is 235 g/mol. The fourth-order valence-corrected chi connectivity index (χ4v) is 1.25. The summed E-state index contributed by atoms with van der Waals surface area (Å²) >= 11 is 0. The van der Waals surface area contributed by atoms with Crippen LogP contribution in [0, 0.1) is 0 Å². The highest BCUT2D eigenvalue weighted by Crippen LogP contribution is 2.18. The van der Waals surface area contributed by atoms with Crippen molar-refractivity contribution in [3.63, 3.8) is 0 Å². The first-order valence-electron chi connectivity index (χ1n) is 5.42. The molecule has 1 aromatic carbocycles. The predicted octanol–water partition coefficient (Wildman–Crippen LogP) is 1.42. The minimum Gasteiger partial charge on any atom is -0.484 e. The normalized spacial score (nSPS) is 11.6. The molecule has 0 saturated carbocycles. The third kappa shape index (κ3) is 4.70. The molecule has 17 heavy (non-hydrogen) atoms. The van der Waals surface area contributed by atoms with E-state index in [0.29, 0.717) is 12.3 Å². The van der Waals surface area contributed by atoms with Gasteiger partial charge in [-0.2, -0.15) is 0 Å². The molecule has 4 nitrogen and oxygen atoms in total. The van der Waals surface area contributed by atoms with Crippen LogP contribution in [-0.2, 0) is 4.79 Å². The minimum atomic E-state index is -0.548. The third-order valence-electron chi connectivity index (χ3n) is 2.15. The first-order valence-corrected chi connectivity index (χ1v) is 5.42. The maximum Gasteiger partial charge on any atom is 0.258 e. The molecular weight excluding hydrogens is 218 g/mol. The van der Waals surface area contributed by atoms with Gasteiger partial charge in [0.15, 0.2) is 6.61 Å². The number of carbonyl (C=O) groups excluding carboxylic acids is 1. The number of aliphatic hydroxyl groups excluding tert-OH is 1. The predicted molar refractivity (Wildman–Crippen MR) is 65.8 cm³/mol. The van der Waals surface area contributed by atoms with Crippen molar-refractivity contribution in [1.29, 1.82) is 0 Å². The number of aliphatic hydroxyl groups is 1. The van der Waals surface area contributed by atoms with Gasteiger partial charge in [-0.05, 0) is 24.6 Å². The largest absolute Gasteiger partial charge is 0.484 e. The van der Waals surface area contributed by atoms with Gasteiger partial charge in [0.1, 0.15) is 5.75 Å². The summed E-state index contributed by atoms with van der Waals surface area (Å²) in [5.41, 5.74) is 0.758. The molecule has 0 aliphatic heterocycles. The van der Waals surface area contributed by atoms with E-state index in [1.807, 2.05) is 0 Å². The van der Waals surface area contributed by atoms with E-state index in [0.717, 1.165) is 5.56 Å². The number of benzene rings is 1. The number of hydrogen-bond donors (Lipinski definition) is 2. The summed E-state index contributed by atoms with van der Waals surface area (Å²) in [4.78, 5) is 11.3. The Bertz CT molecular complexity index is 388. The number of amides is 1. The van der Waals surface area contributed by atoms with Crippen molar-refractivity contribution in [3.8, 4) is 5.75 Å². The highest BCUT2D eigenvalue weighted by Gasteiger charge is 2.04. The molecule has 0 heterocycles. The second kappa shape index (κ2) is 6.70. The van der Waals surface area contributed by atoms with E-state index < -0.39 is 6.10 Å². The Morgan fingerprint density at radius 3 is 3.06 bits per heavy atom. The molecule has 1 rings (SSSR count). The Kier molecular flexibility index (Phi) is 5.23. The maximum absolute atomic E-state index is 11.3. The van der Waals surface area contributed by atoms with Crippen molar-refractivity contribution in [2.45, 2.75) is 13.0 Å². The van der Waals surface area contributed by atoms with E-state index in [9.17, 15) is 9.90 Å². The summed E-state index contributed by atoms with van der Waals surface area (Å²) in [5.74, 6) is 0.365. The Morgan fingerprint density at radius 2 is 2.41 bits per heavy atom. The first kappa shape index (κ1) is 13.3. The van der Waals surface area contributed by atoms with Crippen LogP contribution in [0.4, 0.5) is 0 Å². The number of carbonyl (C=O) groups is 1. The van der Waals surface area contributed by atoms with Crippen molar-refractivity contribution in [2.75, 3.05) is 13.2 Å². The number of nitrogens with one attached hydrogen (secondary N) is 1. The zero-order chi connectivity index (χ0) is 12.7. The molecule has 0 radical (unpaired) electrons. The highest BCUT2D eigenvalue weighted by molar-refractivity contribution is 5.77. The molecule has 4 heteroatoms. The molecule has 92 valence electrons. The lowest BCUT2D eigenvalue weighted by Gasteiger charge is -2.09. The number of hydrogen-bond acceptors (Lipinski definition) is 3. The molecule has 0 saturated heterocycles. The third-order valence-corrected chi connectivity index (χ3v) is 2.15. The zero-order valence-corrected chi connectivity index (χ0v) is 9.85. The van der Waals surface area contributed by atoms with Gasteiger partial charge < -0.3 is 15.2 Å². The quantitative estimate of drug-likeness (QED) is 0.733. The molecule has 1 amide bonds. The molecule has 0 bridgehead atoms. The lowest BCUT2D eigenvalue weighted by molar-refractivity contribution is -0.122. The van der Waals surface area contributed by atoms with Crippen molar-refractivity contribution in [3.05, 3.63) is 42.5 Å². The number of rotatable bonds is 6. The Balaban J connectivity index is 2.48. The van der Waals surface area contributed by atoms with Gasteiger partial charge in [0.2, 0.25) is 0 Å². The molecule has 0 spiro atoms. The van der Waals surface area contributed by atoms with Gasteiger partial charge in [-0.25, -0.2) is 0 Å². The van der Waals surface area contributed by atoms with Crippen LogP contribution < -0.4 is 10.1 Å². The van der Waals surface area contributed by atoms with Crippen LogP contribution in [0.2, 0.25) is 0 Å². The first-order chi connectivity index (χ1) is 8.13. The zero-order valence-electron chi connectivity index (χ0n) is 9.85. The molecule has 1 aromatic rings. The van der Waals surface area contributed by atoms with Crippen molar-refractivity contribution in [1.82, 2.24) is 5.32 Å². The smallest absolute Gasteiger partial charge is 0.258 e. The standard InChI is InChI=1S/C13H17NO3/c1-3-7-14-13(16)9-17-12-6-4-5-11(8-12)10(2)15/h3-6,8,10,15H,1,7,9H2,2H3,(H,14,16). The van der Waals surface area contributed by atoms with E-state index in [4.69, 9.17) is 4.74 Å². The summed E-state index contributed by atoms with van der Waals surface area (Å²) in [6, 6.07) is 7.03. The van der Waals surface area contributed by atoms with Crippen LogP contribution in [0.5, 0.6) is 5.75 Å². The molecular formula is C13H17NO3. The fourth-order valence-electron chi connectivity index (χ4n) is 1.25. The second-order valence-electron chi connectivity index (χ2n) is 3.63. The summed E-state index contributed by atoms with van der Waals surface area (Å²) in [6.45, 7) is 5.56. The Morgan fingerprint density at radius 1 is 1.65 bits per heavy atom. The van der Waals surface area contributed by atoms with Crippen molar-refractivity contribution >= 4 is 5.91 Å². The topological polar surface area (TPSA) is 58.6 Å². The monoisotopic (exact) mass is 235 g/mol. The lowest BCUT2D eigenvalue weighted by Crippen LogP contribution is -2.28. The van der Waals surface area contributed by atoms with E-state index in [2.05, 4.69) is 11.9 Å².